The van der Waals surface area contributed by atoms with Gasteiger partial charge < -0.3 is 10.4 Å². The summed E-state index contributed by atoms with van der Waals surface area (Å²) < 4.78 is 1.84. The zero-order chi connectivity index (χ0) is 15.4. The first-order valence-electron chi connectivity index (χ1n) is 7.00. The second-order valence-electron chi connectivity index (χ2n) is 5.13. The molecule has 2 N–H and O–H groups in total. The summed E-state index contributed by atoms with van der Waals surface area (Å²) in [7, 11) is 1.91. The fraction of sp³-hybridized carbons (Fsp3) is 0.375. The number of benzene rings is 1. The molecule has 0 aliphatic rings. The van der Waals surface area contributed by atoms with Crippen molar-refractivity contribution in [3.63, 3.8) is 0 Å². The Kier molecular flexibility index (Phi) is 4.75. The van der Waals surface area contributed by atoms with Crippen LogP contribution >= 0.6 is 0 Å². The number of carbonyl (C=O) groups excluding carboxylic acids is 1. The number of hydrogen-bond acceptors (Lipinski definition) is 3. The number of aromatic nitrogens is 2. The predicted molar refractivity (Wildman–Crippen MR) is 80.8 cm³/mol. The lowest BCUT2D eigenvalue weighted by Crippen LogP contribution is -2.31. The fourth-order valence-corrected chi connectivity index (χ4v) is 2.37. The van der Waals surface area contributed by atoms with E-state index in [2.05, 4.69) is 10.4 Å². The average molecular weight is 287 g/mol. The van der Waals surface area contributed by atoms with Gasteiger partial charge in [0.15, 0.2) is 6.10 Å². The van der Waals surface area contributed by atoms with Crippen LogP contribution in [0.2, 0.25) is 0 Å². The van der Waals surface area contributed by atoms with E-state index in [1.165, 1.54) is 0 Å². The number of aryl methyl sites for hydroxylation is 2. The largest absolute Gasteiger partial charge is 0.378 e. The van der Waals surface area contributed by atoms with Crippen molar-refractivity contribution < 1.29 is 9.90 Å². The van der Waals surface area contributed by atoms with Crippen molar-refractivity contribution in [2.75, 3.05) is 6.54 Å². The molecule has 0 aliphatic heterocycles. The SMILES string of the molecule is Cc1nn(C)c(C)c1CCNC(=O)C(O)c1ccccc1. The standard InChI is InChI=1S/C16H21N3O2/c1-11-14(12(2)19(3)18-11)9-10-17-16(21)15(20)13-7-5-4-6-8-13/h4-8,15,20H,9-10H2,1-3H3,(H,17,21). The molecule has 21 heavy (non-hydrogen) atoms. The molecular weight excluding hydrogens is 266 g/mol. The van der Waals surface area contributed by atoms with Crippen LogP contribution < -0.4 is 5.32 Å². The lowest BCUT2D eigenvalue weighted by molar-refractivity contribution is -0.129. The zero-order valence-electron chi connectivity index (χ0n) is 12.6. The maximum absolute atomic E-state index is 11.9. The fourth-order valence-electron chi connectivity index (χ4n) is 2.37. The van der Waals surface area contributed by atoms with Crippen molar-refractivity contribution in [1.29, 1.82) is 0 Å². The number of nitrogens with zero attached hydrogens (tertiary/aromatic N) is 2. The molecule has 1 heterocycles. The molecule has 0 radical (unpaired) electrons. The van der Waals surface area contributed by atoms with Crippen molar-refractivity contribution in [2.45, 2.75) is 26.4 Å². The molecular formula is C16H21N3O2. The third kappa shape index (κ3) is 3.49. The maximum Gasteiger partial charge on any atom is 0.253 e. The first kappa shape index (κ1) is 15.3. The van der Waals surface area contributed by atoms with Crippen LogP contribution in [0.4, 0.5) is 0 Å². The third-order valence-electron chi connectivity index (χ3n) is 3.70. The van der Waals surface area contributed by atoms with Crippen LogP contribution in [-0.4, -0.2) is 27.3 Å². The molecule has 1 unspecified atom stereocenters. The van der Waals surface area contributed by atoms with Crippen molar-refractivity contribution in [3.05, 3.63) is 52.8 Å². The number of rotatable bonds is 5. The van der Waals surface area contributed by atoms with Crippen LogP contribution in [0, 0.1) is 13.8 Å². The van der Waals surface area contributed by atoms with Crippen LogP contribution in [0.3, 0.4) is 0 Å². The zero-order valence-corrected chi connectivity index (χ0v) is 12.6. The van der Waals surface area contributed by atoms with Crippen LogP contribution in [0.1, 0.15) is 28.6 Å². The van der Waals surface area contributed by atoms with E-state index in [-0.39, 0.29) is 5.91 Å². The molecule has 0 saturated carbocycles. The van der Waals surface area contributed by atoms with Crippen LogP contribution in [0.25, 0.3) is 0 Å². The van der Waals surface area contributed by atoms with E-state index in [1.807, 2.05) is 31.6 Å². The van der Waals surface area contributed by atoms with E-state index in [1.54, 1.807) is 24.3 Å². The molecule has 0 bridgehead atoms. The Bertz CT molecular complexity index is 620. The second kappa shape index (κ2) is 6.54. The van der Waals surface area contributed by atoms with E-state index in [0.717, 1.165) is 17.0 Å². The summed E-state index contributed by atoms with van der Waals surface area (Å²) in [6, 6.07) is 8.92. The Morgan fingerprint density at radius 2 is 2.00 bits per heavy atom. The first-order valence-corrected chi connectivity index (χ1v) is 7.00. The summed E-state index contributed by atoms with van der Waals surface area (Å²) in [5, 5.41) is 17.1. The minimum absolute atomic E-state index is 0.375. The number of aliphatic hydroxyl groups is 1. The number of aliphatic hydroxyl groups excluding tert-OH is 1. The van der Waals surface area contributed by atoms with Gasteiger partial charge in [-0.2, -0.15) is 5.10 Å². The van der Waals surface area contributed by atoms with Crippen molar-refractivity contribution >= 4 is 5.91 Å². The molecule has 0 aliphatic carbocycles. The van der Waals surface area contributed by atoms with Gasteiger partial charge in [0.2, 0.25) is 0 Å². The topological polar surface area (TPSA) is 67.2 Å². The lowest BCUT2D eigenvalue weighted by Gasteiger charge is -2.11. The smallest absolute Gasteiger partial charge is 0.253 e. The van der Waals surface area contributed by atoms with Crippen molar-refractivity contribution in [2.24, 2.45) is 7.05 Å². The Labute approximate surface area is 124 Å². The predicted octanol–water partition coefficient (Wildman–Crippen LogP) is 1.43. The van der Waals surface area contributed by atoms with Gasteiger partial charge in [0.25, 0.3) is 5.91 Å². The molecule has 112 valence electrons. The molecule has 2 rings (SSSR count). The number of hydrogen-bond donors (Lipinski definition) is 2. The summed E-state index contributed by atoms with van der Waals surface area (Å²) in [6.45, 7) is 4.45. The Hall–Kier alpha value is -2.14. The van der Waals surface area contributed by atoms with Gasteiger partial charge >= 0.3 is 0 Å². The van der Waals surface area contributed by atoms with E-state index < -0.39 is 6.10 Å². The van der Waals surface area contributed by atoms with Crippen molar-refractivity contribution in [3.8, 4) is 0 Å². The quantitative estimate of drug-likeness (QED) is 0.874. The van der Waals surface area contributed by atoms with Gasteiger partial charge in [0, 0.05) is 19.3 Å². The minimum atomic E-state index is -1.12. The maximum atomic E-state index is 11.9. The lowest BCUT2D eigenvalue weighted by atomic mass is 10.1. The van der Waals surface area contributed by atoms with E-state index in [0.29, 0.717) is 18.5 Å². The normalized spacial score (nSPS) is 12.2. The van der Waals surface area contributed by atoms with Crippen LogP contribution in [0.15, 0.2) is 30.3 Å². The van der Waals surface area contributed by atoms with Gasteiger partial charge in [0.05, 0.1) is 5.69 Å². The monoisotopic (exact) mass is 287 g/mol. The van der Waals surface area contributed by atoms with E-state index in [9.17, 15) is 9.90 Å². The minimum Gasteiger partial charge on any atom is -0.378 e. The molecule has 1 aromatic heterocycles. The van der Waals surface area contributed by atoms with Gasteiger partial charge in [-0.25, -0.2) is 0 Å². The Morgan fingerprint density at radius 3 is 2.57 bits per heavy atom. The van der Waals surface area contributed by atoms with E-state index in [4.69, 9.17) is 0 Å². The summed E-state index contributed by atoms with van der Waals surface area (Å²) in [5.74, 6) is -0.375. The Balaban J connectivity index is 1.90. The molecule has 1 atom stereocenters. The van der Waals surface area contributed by atoms with Gasteiger partial charge in [-0.05, 0) is 31.4 Å². The molecule has 1 aromatic carbocycles. The van der Waals surface area contributed by atoms with Gasteiger partial charge in [0.1, 0.15) is 0 Å². The molecule has 0 spiro atoms. The molecule has 0 fully saturated rings. The highest BCUT2D eigenvalue weighted by Crippen LogP contribution is 2.13. The van der Waals surface area contributed by atoms with Crippen LogP contribution in [0.5, 0.6) is 0 Å². The van der Waals surface area contributed by atoms with Gasteiger partial charge in [-0.15, -0.1) is 0 Å². The van der Waals surface area contributed by atoms with Crippen LogP contribution in [-0.2, 0) is 18.3 Å². The highest BCUT2D eigenvalue weighted by molar-refractivity contribution is 5.81. The molecule has 0 saturated heterocycles. The summed E-state index contributed by atoms with van der Waals surface area (Å²) in [4.78, 5) is 11.9. The van der Waals surface area contributed by atoms with E-state index >= 15 is 0 Å². The molecule has 5 nitrogen and oxygen atoms in total. The molecule has 5 heteroatoms. The number of amides is 1. The van der Waals surface area contributed by atoms with Crippen molar-refractivity contribution in [1.82, 2.24) is 15.1 Å². The summed E-state index contributed by atoms with van der Waals surface area (Å²) >= 11 is 0. The van der Waals surface area contributed by atoms with Gasteiger partial charge in [-0.1, -0.05) is 30.3 Å². The molecule has 1 amide bonds. The second-order valence-corrected chi connectivity index (χ2v) is 5.13. The molecule has 2 aromatic rings. The highest BCUT2D eigenvalue weighted by atomic mass is 16.3. The number of carbonyl (C=O) groups is 1. The number of nitrogens with one attached hydrogen (secondary N) is 1. The first-order chi connectivity index (χ1) is 10.0. The Morgan fingerprint density at radius 1 is 1.33 bits per heavy atom. The summed E-state index contributed by atoms with van der Waals surface area (Å²) in [6.07, 6.45) is -0.416. The summed E-state index contributed by atoms with van der Waals surface area (Å²) in [5.41, 5.74) is 3.83. The van der Waals surface area contributed by atoms with Gasteiger partial charge in [-0.3, -0.25) is 9.48 Å². The highest BCUT2D eigenvalue weighted by Gasteiger charge is 2.17. The third-order valence-corrected chi connectivity index (χ3v) is 3.70. The average Bonchev–Trinajstić information content (AvgIpc) is 2.73.